The second-order valence-electron chi connectivity index (χ2n) is 19.4. The Hall–Kier alpha value is -5.94. The van der Waals surface area contributed by atoms with Crippen molar-refractivity contribution in [1.29, 1.82) is 0 Å². The van der Waals surface area contributed by atoms with Crippen molar-refractivity contribution < 1.29 is 4.74 Å². The van der Waals surface area contributed by atoms with Gasteiger partial charge in [0.1, 0.15) is 17.3 Å². The molecule has 0 saturated heterocycles. The van der Waals surface area contributed by atoms with Crippen molar-refractivity contribution in [2.24, 2.45) is 0 Å². The van der Waals surface area contributed by atoms with E-state index in [2.05, 4.69) is 214 Å². The number of ether oxygens (including phenoxy) is 1. The third-order valence-corrected chi connectivity index (χ3v) is 12.4. The van der Waals surface area contributed by atoms with Crippen LogP contribution in [0.25, 0.3) is 33.3 Å². The lowest BCUT2D eigenvalue weighted by molar-refractivity contribution is 0.479. The van der Waals surface area contributed by atoms with Crippen LogP contribution in [0.2, 0.25) is 0 Å². The average Bonchev–Trinajstić information content (AvgIpc) is 3.70. The molecule has 0 spiro atoms. The maximum Gasteiger partial charge on any atom is 0.137 e. The van der Waals surface area contributed by atoms with Gasteiger partial charge in [0.2, 0.25) is 0 Å². The Morgan fingerprint density at radius 1 is 0.525 bits per heavy atom. The third kappa shape index (κ3) is 7.15. The van der Waals surface area contributed by atoms with Crippen LogP contribution >= 0.6 is 0 Å². The minimum atomic E-state index is -0.210. The van der Waals surface area contributed by atoms with Crippen LogP contribution < -0.4 is 4.74 Å². The predicted octanol–water partition coefficient (Wildman–Crippen LogP) is 14.0. The molecule has 0 aliphatic rings. The molecule has 0 radical (unpaired) electrons. The van der Waals surface area contributed by atoms with Crippen LogP contribution in [0.4, 0.5) is 0 Å². The molecule has 0 bridgehead atoms. The van der Waals surface area contributed by atoms with E-state index < -0.39 is 0 Å². The van der Waals surface area contributed by atoms with Gasteiger partial charge in [0.15, 0.2) is 0 Å². The number of benzene rings is 5. The van der Waals surface area contributed by atoms with E-state index in [1.54, 1.807) is 0 Å². The average molecular weight is 779 g/mol. The zero-order chi connectivity index (χ0) is 42.1. The maximum atomic E-state index is 6.92. The zero-order valence-corrected chi connectivity index (χ0v) is 36.9. The lowest BCUT2D eigenvalue weighted by Gasteiger charge is -2.26. The van der Waals surface area contributed by atoms with E-state index in [4.69, 9.17) is 14.8 Å². The molecular formula is C54H58N4O. The standard InChI is InChI=1S/C54H58N4O/c1-35-50(54(11,12)38-22-17-14-18-23-38)36(2)58(56-35)41-24-19-25-42(32-41)59-43-33-45(52(6,7)8)49-44-30-40(53(9,10)37-20-15-13-16-21-37)26-27-46(44)57(47(49)34-43)48-31-39(28-29-55-48)51(3,4)5/h13-34H,1-12H3. The molecule has 5 heteroatoms. The Morgan fingerprint density at radius 3 is 1.83 bits per heavy atom. The van der Waals surface area contributed by atoms with Gasteiger partial charge in [0.05, 0.1) is 22.4 Å². The van der Waals surface area contributed by atoms with Gasteiger partial charge in [-0.1, -0.05) is 142 Å². The molecule has 5 aromatic carbocycles. The molecule has 8 aromatic rings. The summed E-state index contributed by atoms with van der Waals surface area (Å²) in [6, 6.07) is 45.6. The first-order valence-corrected chi connectivity index (χ1v) is 20.9. The van der Waals surface area contributed by atoms with Crippen LogP contribution in [-0.4, -0.2) is 19.3 Å². The summed E-state index contributed by atoms with van der Waals surface area (Å²) in [6.45, 7) is 27.1. The fourth-order valence-electron chi connectivity index (χ4n) is 9.05. The first-order chi connectivity index (χ1) is 27.9. The number of nitrogens with zero attached hydrogens (tertiary/aromatic N) is 4. The van der Waals surface area contributed by atoms with Gasteiger partial charge in [0.25, 0.3) is 0 Å². The Kier molecular flexibility index (Phi) is 9.74. The van der Waals surface area contributed by atoms with Crippen molar-refractivity contribution in [1.82, 2.24) is 19.3 Å². The molecule has 300 valence electrons. The summed E-state index contributed by atoms with van der Waals surface area (Å²) >= 11 is 0. The molecule has 59 heavy (non-hydrogen) atoms. The smallest absolute Gasteiger partial charge is 0.137 e. The highest BCUT2D eigenvalue weighted by Crippen LogP contribution is 2.44. The summed E-state index contributed by atoms with van der Waals surface area (Å²) < 4.78 is 11.3. The summed E-state index contributed by atoms with van der Waals surface area (Å²) in [5, 5.41) is 7.53. The van der Waals surface area contributed by atoms with Gasteiger partial charge < -0.3 is 4.74 Å². The van der Waals surface area contributed by atoms with Gasteiger partial charge in [0, 0.05) is 51.2 Å². The molecular weight excluding hydrogens is 721 g/mol. The molecule has 0 aliphatic carbocycles. The lowest BCUT2D eigenvalue weighted by Crippen LogP contribution is -2.20. The Morgan fingerprint density at radius 2 is 1.19 bits per heavy atom. The maximum absolute atomic E-state index is 6.92. The number of hydrogen-bond acceptors (Lipinski definition) is 3. The molecule has 0 saturated carbocycles. The van der Waals surface area contributed by atoms with E-state index in [1.165, 1.54) is 44.2 Å². The van der Waals surface area contributed by atoms with Crippen molar-refractivity contribution in [3.63, 3.8) is 0 Å². The predicted molar refractivity (Wildman–Crippen MR) is 246 cm³/mol. The van der Waals surface area contributed by atoms with Gasteiger partial charge >= 0.3 is 0 Å². The zero-order valence-electron chi connectivity index (χ0n) is 36.9. The summed E-state index contributed by atoms with van der Waals surface area (Å²) in [6.07, 6.45) is 1.95. The molecule has 0 fully saturated rings. The lowest BCUT2D eigenvalue weighted by atomic mass is 9.77. The number of pyridine rings is 1. The van der Waals surface area contributed by atoms with Gasteiger partial charge in [-0.15, -0.1) is 0 Å². The molecule has 0 atom stereocenters. The number of hydrogen-bond donors (Lipinski definition) is 0. The molecule has 0 aliphatic heterocycles. The highest BCUT2D eigenvalue weighted by atomic mass is 16.5. The van der Waals surface area contributed by atoms with E-state index in [-0.39, 0.29) is 21.7 Å². The van der Waals surface area contributed by atoms with Crippen LogP contribution in [0, 0.1) is 13.8 Å². The van der Waals surface area contributed by atoms with E-state index in [9.17, 15) is 0 Å². The number of rotatable bonds is 8. The fraction of sp³-hybridized carbons (Fsp3) is 0.296. The molecule has 0 N–H and O–H groups in total. The SMILES string of the molecule is Cc1nn(-c2cccc(Oc3cc(C(C)(C)C)c4c5cc(C(C)(C)c6ccccc6)ccc5n(-c5cc(C(C)(C)C)ccn5)c4c3)c2)c(C)c1C(C)(C)c1ccccc1. The molecule has 0 amide bonds. The minimum absolute atomic E-state index is 0.0390. The van der Waals surface area contributed by atoms with Crippen molar-refractivity contribution in [2.45, 2.75) is 105 Å². The third-order valence-electron chi connectivity index (χ3n) is 12.4. The van der Waals surface area contributed by atoms with Crippen LogP contribution in [0.1, 0.15) is 114 Å². The van der Waals surface area contributed by atoms with E-state index in [1.807, 2.05) is 12.3 Å². The highest BCUT2D eigenvalue weighted by Gasteiger charge is 2.31. The molecule has 0 unspecified atom stereocenters. The summed E-state index contributed by atoms with van der Waals surface area (Å²) in [5.41, 5.74) is 12.2. The van der Waals surface area contributed by atoms with Gasteiger partial charge in [-0.05, 0) is 95.0 Å². The van der Waals surface area contributed by atoms with Crippen LogP contribution in [0.15, 0.2) is 134 Å². The first kappa shape index (κ1) is 39.9. The van der Waals surface area contributed by atoms with E-state index >= 15 is 0 Å². The van der Waals surface area contributed by atoms with E-state index in [0.29, 0.717) is 0 Å². The van der Waals surface area contributed by atoms with Gasteiger partial charge in [-0.3, -0.25) is 4.57 Å². The highest BCUT2D eigenvalue weighted by molar-refractivity contribution is 6.12. The summed E-state index contributed by atoms with van der Waals surface area (Å²) in [5.74, 6) is 2.42. The van der Waals surface area contributed by atoms with E-state index in [0.717, 1.165) is 45.4 Å². The number of aryl methyl sites for hydroxylation is 1. The molecule has 5 nitrogen and oxygen atoms in total. The van der Waals surface area contributed by atoms with Crippen molar-refractivity contribution >= 4 is 21.8 Å². The molecule has 3 heterocycles. The molecule has 3 aromatic heterocycles. The van der Waals surface area contributed by atoms with Crippen molar-refractivity contribution in [3.05, 3.63) is 178 Å². The fourth-order valence-corrected chi connectivity index (χ4v) is 9.05. The Balaban J connectivity index is 1.30. The Bertz CT molecular complexity index is 2820. The summed E-state index contributed by atoms with van der Waals surface area (Å²) in [7, 11) is 0. The minimum Gasteiger partial charge on any atom is -0.457 e. The number of aromatic nitrogens is 4. The Labute approximate surface area is 350 Å². The largest absolute Gasteiger partial charge is 0.457 e. The first-order valence-electron chi connectivity index (χ1n) is 20.9. The molecule has 8 rings (SSSR count). The van der Waals surface area contributed by atoms with Crippen molar-refractivity contribution in [2.75, 3.05) is 0 Å². The monoisotopic (exact) mass is 778 g/mol. The topological polar surface area (TPSA) is 44.9 Å². The van der Waals surface area contributed by atoms with Crippen LogP contribution in [0.5, 0.6) is 11.5 Å². The van der Waals surface area contributed by atoms with Gasteiger partial charge in [-0.2, -0.15) is 5.10 Å². The van der Waals surface area contributed by atoms with Gasteiger partial charge in [-0.25, -0.2) is 9.67 Å². The van der Waals surface area contributed by atoms with Crippen LogP contribution in [-0.2, 0) is 21.7 Å². The normalized spacial score (nSPS) is 12.7. The second-order valence-corrected chi connectivity index (χ2v) is 19.4. The number of fused-ring (bicyclic) bond motifs is 3. The quantitative estimate of drug-likeness (QED) is 0.154. The summed E-state index contributed by atoms with van der Waals surface area (Å²) in [4.78, 5) is 5.03. The second kappa shape index (κ2) is 14.4. The van der Waals surface area contributed by atoms with Crippen LogP contribution in [0.3, 0.4) is 0 Å². The van der Waals surface area contributed by atoms with Crippen molar-refractivity contribution in [3.8, 4) is 23.0 Å².